The smallest absolute Gasteiger partial charge is 0.276 e. The number of rotatable bonds is 2. The van der Waals surface area contributed by atoms with E-state index in [1.54, 1.807) is 6.07 Å². The summed E-state index contributed by atoms with van der Waals surface area (Å²) in [5.74, 6) is -1.00. The summed E-state index contributed by atoms with van der Waals surface area (Å²) in [4.78, 5) is 17.2. The van der Waals surface area contributed by atoms with Crippen LogP contribution in [-0.2, 0) is 0 Å². The first-order valence-electron chi connectivity index (χ1n) is 9.03. The van der Waals surface area contributed by atoms with Crippen LogP contribution in [0.15, 0.2) is 35.1 Å². The van der Waals surface area contributed by atoms with E-state index in [1.807, 2.05) is 4.90 Å². The van der Waals surface area contributed by atoms with Crippen molar-refractivity contribution in [3.8, 4) is 0 Å². The predicted molar refractivity (Wildman–Crippen MR) is 88.5 cm³/mol. The van der Waals surface area contributed by atoms with Crippen molar-refractivity contribution in [2.75, 3.05) is 19.6 Å². The van der Waals surface area contributed by atoms with Gasteiger partial charge in [-0.15, -0.1) is 0 Å². The molecular formula is C19H19F2N3O2. The number of fused-ring (bicyclic) bond motifs is 2. The van der Waals surface area contributed by atoms with Crippen LogP contribution in [0.1, 0.15) is 34.8 Å². The quantitative estimate of drug-likeness (QED) is 0.827. The lowest BCUT2D eigenvalue weighted by molar-refractivity contribution is -0.00371. The second-order valence-corrected chi connectivity index (χ2v) is 7.51. The number of amides is 1. The van der Waals surface area contributed by atoms with Crippen molar-refractivity contribution >= 4 is 5.91 Å². The van der Waals surface area contributed by atoms with E-state index >= 15 is 0 Å². The molecule has 4 saturated heterocycles. The molecule has 1 aromatic heterocycles. The highest BCUT2D eigenvalue weighted by Crippen LogP contribution is 2.47. The molecule has 6 rings (SSSR count). The Morgan fingerprint density at radius 3 is 2.50 bits per heavy atom. The number of benzene rings is 1. The van der Waals surface area contributed by atoms with Gasteiger partial charge in [-0.2, -0.15) is 0 Å². The summed E-state index contributed by atoms with van der Waals surface area (Å²) in [7, 11) is 0. The molecule has 5 nitrogen and oxygen atoms in total. The maximum atomic E-state index is 13.8. The first-order chi connectivity index (χ1) is 12.6. The zero-order chi connectivity index (χ0) is 17.8. The molecule has 0 N–H and O–H groups in total. The number of piperidine rings is 3. The SMILES string of the molecule is O=C(c1ccon1)N1C[C@H](c2cc(F)cc(F)c2)[C@@H]2[C@H]1C1CCN2CC1. The number of hydrogen-bond acceptors (Lipinski definition) is 4. The fourth-order valence-electron chi connectivity index (χ4n) is 5.21. The maximum Gasteiger partial charge on any atom is 0.276 e. The minimum Gasteiger partial charge on any atom is -0.364 e. The van der Waals surface area contributed by atoms with Crippen molar-refractivity contribution in [2.45, 2.75) is 30.8 Å². The number of carbonyl (C=O) groups excluding carboxylic acids is 1. The highest BCUT2D eigenvalue weighted by molar-refractivity contribution is 5.92. The van der Waals surface area contributed by atoms with Gasteiger partial charge in [-0.05, 0) is 49.5 Å². The molecule has 7 heteroatoms. The average Bonchev–Trinajstić information content (AvgIpc) is 3.30. The molecule has 0 unspecified atom stereocenters. The number of likely N-dealkylation sites (tertiary alicyclic amines) is 1. The van der Waals surface area contributed by atoms with Crippen molar-refractivity contribution in [2.24, 2.45) is 5.92 Å². The van der Waals surface area contributed by atoms with Gasteiger partial charge in [0.15, 0.2) is 5.69 Å². The van der Waals surface area contributed by atoms with Gasteiger partial charge in [0.25, 0.3) is 5.91 Å². The first-order valence-corrected chi connectivity index (χ1v) is 9.03. The molecule has 4 aliphatic rings. The average molecular weight is 359 g/mol. The number of nitrogens with zero attached hydrogens (tertiary/aromatic N) is 3. The highest BCUT2D eigenvalue weighted by atomic mass is 19.1. The van der Waals surface area contributed by atoms with Crippen LogP contribution in [0.3, 0.4) is 0 Å². The van der Waals surface area contributed by atoms with E-state index in [1.165, 1.54) is 18.4 Å². The largest absolute Gasteiger partial charge is 0.364 e. The summed E-state index contributed by atoms with van der Waals surface area (Å²) < 4.78 is 32.5. The van der Waals surface area contributed by atoms with Crippen LogP contribution in [0.4, 0.5) is 8.78 Å². The zero-order valence-electron chi connectivity index (χ0n) is 14.1. The Balaban J connectivity index is 1.55. The van der Waals surface area contributed by atoms with Crippen LogP contribution < -0.4 is 0 Å². The Morgan fingerprint density at radius 1 is 1.12 bits per heavy atom. The van der Waals surface area contributed by atoms with E-state index in [4.69, 9.17) is 4.52 Å². The van der Waals surface area contributed by atoms with Gasteiger partial charge < -0.3 is 9.42 Å². The monoisotopic (exact) mass is 359 g/mol. The summed E-state index contributed by atoms with van der Waals surface area (Å²) in [6.07, 6.45) is 3.48. The number of carbonyl (C=O) groups is 1. The van der Waals surface area contributed by atoms with E-state index < -0.39 is 11.6 Å². The van der Waals surface area contributed by atoms with Crippen LogP contribution in [-0.4, -0.2) is 52.6 Å². The number of aromatic nitrogens is 1. The van der Waals surface area contributed by atoms with Gasteiger partial charge in [-0.1, -0.05) is 5.16 Å². The van der Waals surface area contributed by atoms with Gasteiger partial charge in [-0.25, -0.2) is 8.78 Å². The van der Waals surface area contributed by atoms with Crippen LogP contribution in [0, 0.1) is 17.6 Å². The second-order valence-electron chi connectivity index (χ2n) is 7.51. The van der Waals surface area contributed by atoms with Crippen molar-refractivity contribution < 1.29 is 18.1 Å². The predicted octanol–water partition coefficient (Wildman–Crippen LogP) is 2.66. The Kier molecular flexibility index (Phi) is 3.60. The highest BCUT2D eigenvalue weighted by Gasteiger charge is 2.55. The van der Waals surface area contributed by atoms with Gasteiger partial charge in [0.05, 0.1) is 6.04 Å². The van der Waals surface area contributed by atoms with E-state index in [9.17, 15) is 13.6 Å². The third kappa shape index (κ3) is 2.37. The zero-order valence-corrected chi connectivity index (χ0v) is 14.1. The molecule has 0 radical (unpaired) electrons. The molecule has 1 aromatic carbocycles. The Morgan fingerprint density at radius 2 is 1.85 bits per heavy atom. The molecule has 2 bridgehead atoms. The Bertz CT molecular complexity index is 813. The van der Waals surface area contributed by atoms with Gasteiger partial charge in [0.1, 0.15) is 17.9 Å². The molecule has 4 fully saturated rings. The minimum absolute atomic E-state index is 0.0537. The van der Waals surface area contributed by atoms with Gasteiger partial charge in [0, 0.05) is 30.6 Å². The Labute approximate surface area is 149 Å². The molecule has 26 heavy (non-hydrogen) atoms. The van der Waals surface area contributed by atoms with E-state index in [0.717, 1.165) is 32.0 Å². The van der Waals surface area contributed by atoms with Crippen molar-refractivity contribution in [3.05, 3.63) is 53.4 Å². The molecule has 3 atom stereocenters. The van der Waals surface area contributed by atoms with Crippen LogP contribution in [0.2, 0.25) is 0 Å². The third-order valence-electron chi connectivity index (χ3n) is 6.23. The summed E-state index contributed by atoms with van der Waals surface area (Å²) in [6.45, 7) is 2.40. The topological polar surface area (TPSA) is 49.6 Å². The van der Waals surface area contributed by atoms with Crippen LogP contribution >= 0.6 is 0 Å². The summed E-state index contributed by atoms with van der Waals surface area (Å²) in [5, 5.41) is 3.79. The summed E-state index contributed by atoms with van der Waals surface area (Å²) in [6, 6.07) is 5.41. The lowest BCUT2D eigenvalue weighted by atomic mass is 9.75. The lowest BCUT2D eigenvalue weighted by Crippen LogP contribution is -2.60. The molecule has 0 aliphatic carbocycles. The standard InChI is InChI=1S/C19H19F2N3O2/c20-13-7-12(8-14(21)9-13)15-10-24(19(25)16-3-6-26-22-16)17-11-1-4-23(5-2-11)18(15)17/h3,6-9,11,15,17-18H,1-2,4-5,10H2/t15-,17-,18-/m1/s1. The molecule has 0 spiro atoms. The van der Waals surface area contributed by atoms with Gasteiger partial charge >= 0.3 is 0 Å². The summed E-state index contributed by atoms with van der Waals surface area (Å²) >= 11 is 0. The van der Waals surface area contributed by atoms with Crippen LogP contribution in [0.5, 0.6) is 0 Å². The fraction of sp³-hybridized carbons (Fsp3) is 0.474. The number of hydrogen-bond donors (Lipinski definition) is 0. The molecular weight excluding hydrogens is 340 g/mol. The molecule has 1 amide bonds. The van der Waals surface area contributed by atoms with E-state index in [0.29, 0.717) is 18.0 Å². The second kappa shape index (κ2) is 5.87. The van der Waals surface area contributed by atoms with E-state index in [-0.39, 0.29) is 29.6 Å². The molecule has 136 valence electrons. The van der Waals surface area contributed by atoms with Crippen LogP contribution in [0.25, 0.3) is 0 Å². The fourth-order valence-corrected chi connectivity index (χ4v) is 5.21. The summed E-state index contributed by atoms with van der Waals surface area (Å²) in [5.41, 5.74) is 0.909. The maximum absolute atomic E-state index is 13.8. The van der Waals surface area contributed by atoms with Crippen molar-refractivity contribution in [3.63, 3.8) is 0 Å². The third-order valence-corrected chi connectivity index (χ3v) is 6.23. The Hall–Kier alpha value is -2.28. The van der Waals surface area contributed by atoms with E-state index in [2.05, 4.69) is 10.1 Å². The van der Waals surface area contributed by atoms with Crippen molar-refractivity contribution in [1.29, 1.82) is 0 Å². The molecule has 4 aliphatic heterocycles. The molecule has 5 heterocycles. The lowest BCUT2D eigenvalue weighted by Gasteiger charge is -2.51. The van der Waals surface area contributed by atoms with Gasteiger partial charge in [-0.3, -0.25) is 9.69 Å². The first kappa shape index (κ1) is 15.9. The molecule has 0 saturated carbocycles. The number of halogens is 2. The van der Waals surface area contributed by atoms with Crippen molar-refractivity contribution in [1.82, 2.24) is 15.0 Å². The molecule has 2 aromatic rings. The van der Waals surface area contributed by atoms with Gasteiger partial charge in [0.2, 0.25) is 0 Å². The minimum atomic E-state index is -0.575. The normalized spacial score (nSPS) is 32.7.